The van der Waals surface area contributed by atoms with E-state index in [1.165, 1.54) is 36.0 Å². The Balaban J connectivity index is 1.47. The van der Waals surface area contributed by atoms with E-state index < -0.39 is 5.25 Å². The monoisotopic (exact) mass is 443 g/mol. The van der Waals surface area contributed by atoms with Crippen LogP contribution in [0, 0.1) is 5.82 Å². The Morgan fingerprint density at radius 2 is 1.87 bits per heavy atom. The molecular formula is C23H26FN3O3S. The van der Waals surface area contributed by atoms with Crippen molar-refractivity contribution in [1.82, 2.24) is 4.90 Å². The topological polar surface area (TPSA) is 78.5 Å². The maximum Gasteiger partial charge on any atom is 0.237 e. The number of piperidine rings is 1. The van der Waals surface area contributed by atoms with Crippen molar-refractivity contribution in [1.29, 1.82) is 0 Å². The molecule has 0 radical (unpaired) electrons. The molecule has 1 fully saturated rings. The summed E-state index contributed by atoms with van der Waals surface area (Å²) in [5.74, 6) is -0.563. The molecule has 0 saturated carbocycles. The Bertz CT molecular complexity index is 936. The van der Waals surface area contributed by atoms with Crippen LogP contribution < -0.4 is 10.6 Å². The summed E-state index contributed by atoms with van der Waals surface area (Å²) in [5, 5.41) is 5.11. The summed E-state index contributed by atoms with van der Waals surface area (Å²) < 4.78 is 12.9. The molecule has 6 nitrogen and oxygen atoms in total. The van der Waals surface area contributed by atoms with E-state index in [2.05, 4.69) is 10.6 Å². The van der Waals surface area contributed by atoms with Gasteiger partial charge in [0.2, 0.25) is 17.7 Å². The van der Waals surface area contributed by atoms with Crippen molar-refractivity contribution >= 4 is 40.9 Å². The van der Waals surface area contributed by atoms with E-state index >= 15 is 0 Å². The number of nitrogens with zero attached hydrogens (tertiary/aromatic N) is 1. The summed E-state index contributed by atoms with van der Waals surface area (Å²) >= 11 is 1.22. The molecule has 2 aromatic rings. The van der Waals surface area contributed by atoms with Crippen LogP contribution in [-0.2, 0) is 20.9 Å². The minimum absolute atomic E-state index is 0.100. The number of hydrogen-bond donors (Lipinski definition) is 2. The fourth-order valence-electron chi connectivity index (χ4n) is 3.25. The molecule has 1 aliphatic rings. The summed E-state index contributed by atoms with van der Waals surface area (Å²) in [6, 6.07) is 13.0. The summed E-state index contributed by atoms with van der Waals surface area (Å²) in [6.45, 7) is 3.04. The lowest BCUT2D eigenvalue weighted by Gasteiger charge is -2.27. The Kier molecular flexibility index (Phi) is 8.06. The second kappa shape index (κ2) is 10.9. The van der Waals surface area contributed by atoms with Crippen LogP contribution in [0.1, 0.15) is 31.7 Å². The van der Waals surface area contributed by atoms with Crippen molar-refractivity contribution in [2.45, 2.75) is 38.0 Å². The lowest BCUT2D eigenvalue weighted by molar-refractivity contribution is -0.133. The van der Waals surface area contributed by atoms with Gasteiger partial charge in [-0.25, -0.2) is 4.39 Å². The fourth-order valence-corrected chi connectivity index (χ4v) is 3.93. The third kappa shape index (κ3) is 7.10. The highest BCUT2D eigenvalue weighted by atomic mass is 32.2. The van der Waals surface area contributed by atoms with Gasteiger partial charge in [0, 0.05) is 30.9 Å². The molecule has 2 N–H and O–H groups in total. The van der Waals surface area contributed by atoms with Crippen molar-refractivity contribution in [3.63, 3.8) is 0 Å². The fraction of sp³-hybridized carbons (Fsp3) is 0.348. The van der Waals surface area contributed by atoms with Crippen LogP contribution in [-0.4, -0.2) is 40.2 Å². The zero-order valence-electron chi connectivity index (χ0n) is 17.4. The maximum atomic E-state index is 12.9. The molecule has 1 heterocycles. The van der Waals surface area contributed by atoms with Crippen LogP contribution in [0.4, 0.5) is 15.8 Å². The van der Waals surface area contributed by atoms with Crippen molar-refractivity contribution < 1.29 is 18.8 Å². The Morgan fingerprint density at radius 3 is 2.61 bits per heavy atom. The van der Waals surface area contributed by atoms with Crippen LogP contribution in [0.5, 0.6) is 0 Å². The van der Waals surface area contributed by atoms with Gasteiger partial charge in [-0.1, -0.05) is 12.1 Å². The summed E-state index contributed by atoms with van der Waals surface area (Å²) in [4.78, 5) is 38.4. The molecule has 1 atom stereocenters. The first-order chi connectivity index (χ1) is 14.9. The number of hydrogen-bond acceptors (Lipinski definition) is 4. The zero-order valence-corrected chi connectivity index (χ0v) is 18.2. The third-order valence-electron chi connectivity index (χ3n) is 4.95. The van der Waals surface area contributed by atoms with E-state index in [9.17, 15) is 18.8 Å². The Labute approximate surface area is 185 Å². The number of amides is 3. The normalized spacial score (nSPS) is 14.8. The second-order valence-corrected chi connectivity index (χ2v) is 8.80. The van der Waals surface area contributed by atoms with Crippen molar-refractivity contribution in [3.05, 3.63) is 59.9 Å². The first kappa shape index (κ1) is 22.8. The van der Waals surface area contributed by atoms with Gasteiger partial charge in [-0.2, -0.15) is 0 Å². The number of nitrogens with one attached hydrogen (secondary N) is 2. The van der Waals surface area contributed by atoms with Gasteiger partial charge in [-0.05, 0) is 61.7 Å². The van der Waals surface area contributed by atoms with E-state index in [1.807, 2.05) is 23.1 Å². The van der Waals surface area contributed by atoms with E-state index in [0.717, 1.165) is 24.9 Å². The number of rotatable bonds is 8. The number of thioether (sulfide) groups is 1. The van der Waals surface area contributed by atoms with E-state index in [4.69, 9.17) is 0 Å². The highest BCUT2D eigenvalue weighted by molar-refractivity contribution is 8.01. The molecule has 0 aromatic heterocycles. The molecule has 1 unspecified atom stereocenters. The minimum atomic E-state index is -0.439. The molecule has 0 bridgehead atoms. The molecule has 0 aliphatic carbocycles. The van der Waals surface area contributed by atoms with Crippen LogP contribution in [0.25, 0.3) is 0 Å². The lowest BCUT2D eigenvalue weighted by Crippen LogP contribution is -2.34. The van der Waals surface area contributed by atoms with Crippen LogP contribution in [0.15, 0.2) is 48.5 Å². The third-order valence-corrected chi connectivity index (χ3v) is 6.09. The van der Waals surface area contributed by atoms with Crippen LogP contribution >= 0.6 is 11.8 Å². The lowest BCUT2D eigenvalue weighted by atomic mass is 10.1. The van der Waals surface area contributed by atoms with Gasteiger partial charge in [0.1, 0.15) is 5.82 Å². The second-order valence-electron chi connectivity index (χ2n) is 7.47. The number of carbonyl (C=O) groups is 3. The summed E-state index contributed by atoms with van der Waals surface area (Å²) in [5.41, 5.74) is 2.13. The summed E-state index contributed by atoms with van der Waals surface area (Å²) in [6.07, 6.45) is 2.56. The minimum Gasteiger partial charge on any atom is -0.338 e. The molecular weight excluding hydrogens is 417 g/mol. The van der Waals surface area contributed by atoms with Gasteiger partial charge >= 0.3 is 0 Å². The Morgan fingerprint density at radius 1 is 1.10 bits per heavy atom. The maximum absolute atomic E-state index is 12.9. The SMILES string of the molecule is CC(SCC(=O)Nc1ccc(F)cc1)C(=O)Nc1cccc(CN2CCCCC2=O)c1. The van der Waals surface area contributed by atoms with Gasteiger partial charge in [-0.15, -0.1) is 11.8 Å². The first-order valence-corrected chi connectivity index (χ1v) is 11.3. The molecule has 31 heavy (non-hydrogen) atoms. The van der Waals surface area contributed by atoms with Gasteiger partial charge < -0.3 is 15.5 Å². The van der Waals surface area contributed by atoms with Gasteiger partial charge in [-0.3, -0.25) is 14.4 Å². The molecule has 3 rings (SSSR count). The average molecular weight is 444 g/mol. The molecule has 3 amide bonds. The predicted octanol–water partition coefficient (Wildman–Crippen LogP) is 4.04. The zero-order chi connectivity index (χ0) is 22.2. The smallest absolute Gasteiger partial charge is 0.237 e. The summed E-state index contributed by atoms with van der Waals surface area (Å²) in [7, 11) is 0. The number of anilines is 2. The number of carbonyl (C=O) groups excluding carboxylic acids is 3. The van der Waals surface area contributed by atoms with Crippen molar-refractivity contribution in [3.8, 4) is 0 Å². The standard InChI is InChI=1S/C23H26FN3O3S/c1-16(31-15-21(28)25-19-10-8-18(24)9-11-19)23(30)26-20-6-4-5-17(13-20)14-27-12-3-2-7-22(27)29/h4-6,8-11,13,16H,2-3,7,12,14-15H2,1H3,(H,25,28)(H,26,30). The quantitative estimate of drug-likeness (QED) is 0.646. The number of halogens is 1. The van der Waals surface area contributed by atoms with Gasteiger partial charge in [0.25, 0.3) is 0 Å². The first-order valence-electron chi connectivity index (χ1n) is 10.3. The Hall–Kier alpha value is -2.87. The van der Waals surface area contributed by atoms with Crippen LogP contribution in [0.3, 0.4) is 0 Å². The number of likely N-dealkylation sites (tertiary alicyclic amines) is 1. The molecule has 1 saturated heterocycles. The average Bonchev–Trinajstić information content (AvgIpc) is 2.75. The van der Waals surface area contributed by atoms with Crippen LogP contribution in [0.2, 0.25) is 0 Å². The number of benzene rings is 2. The van der Waals surface area contributed by atoms with E-state index in [0.29, 0.717) is 24.3 Å². The largest absolute Gasteiger partial charge is 0.338 e. The highest BCUT2D eigenvalue weighted by Gasteiger charge is 2.19. The highest BCUT2D eigenvalue weighted by Crippen LogP contribution is 2.19. The van der Waals surface area contributed by atoms with Crippen molar-refractivity contribution in [2.24, 2.45) is 0 Å². The molecule has 164 valence electrons. The van der Waals surface area contributed by atoms with Gasteiger partial charge in [0.15, 0.2) is 0 Å². The molecule has 2 aromatic carbocycles. The molecule has 8 heteroatoms. The van der Waals surface area contributed by atoms with Gasteiger partial charge in [0.05, 0.1) is 11.0 Å². The van der Waals surface area contributed by atoms with Crippen molar-refractivity contribution in [2.75, 3.05) is 22.9 Å². The molecule has 1 aliphatic heterocycles. The van der Waals surface area contributed by atoms with E-state index in [-0.39, 0.29) is 29.3 Å². The molecule has 0 spiro atoms. The predicted molar refractivity (Wildman–Crippen MR) is 121 cm³/mol. The van der Waals surface area contributed by atoms with E-state index in [1.54, 1.807) is 13.0 Å².